The minimum atomic E-state index is 0.00418. The molecule has 1 aromatic rings. The second-order valence-electron chi connectivity index (χ2n) is 3.49. The first kappa shape index (κ1) is 12.2. The zero-order chi connectivity index (χ0) is 12.0. The van der Waals surface area contributed by atoms with Gasteiger partial charge in [0, 0.05) is 12.0 Å². The van der Waals surface area contributed by atoms with E-state index in [1.165, 1.54) is 0 Å². The topological polar surface area (TPSA) is 43.4 Å². The smallest absolute Gasteiger partial charge is 0.161 e. The zero-order valence-electron chi connectivity index (χ0n) is 9.23. The molecule has 0 aromatic heterocycles. The fourth-order valence-electron chi connectivity index (χ4n) is 1.12. The summed E-state index contributed by atoms with van der Waals surface area (Å²) in [5.41, 5.74) is 1.14. The molecular formula is C13H14O3. The van der Waals surface area contributed by atoms with Gasteiger partial charge in [0.05, 0.1) is 6.61 Å². The van der Waals surface area contributed by atoms with Crippen molar-refractivity contribution in [2.45, 2.75) is 13.3 Å². The van der Waals surface area contributed by atoms with Crippen LogP contribution in [0.2, 0.25) is 0 Å². The first-order valence-corrected chi connectivity index (χ1v) is 5.00. The summed E-state index contributed by atoms with van der Waals surface area (Å²) in [5.74, 6) is 0.657. The van der Waals surface area contributed by atoms with Crippen LogP contribution in [-0.4, -0.2) is 18.7 Å². The predicted octanol–water partition coefficient (Wildman–Crippen LogP) is 2.41. The lowest BCUT2D eigenvalue weighted by Gasteiger charge is -2.05. The van der Waals surface area contributed by atoms with Gasteiger partial charge in [0.15, 0.2) is 5.78 Å². The number of carbonyl (C=O) groups is 2. The zero-order valence-corrected chi connectivity index (χ0v) is 9.23. The van der Waals surface area contributed by atoms with Crippen molar-refractivity contribution in [2.75, 3.05) is 6.61 Å². The summed E-state index contributed by atoms with van der Waals surface area (Å²) in [6, 6.07) is 6.75. The monoisotopic (exact) mass is 218 g/mol. The number of Topliss-reactive ketones (excluding diaryl/α,β-unsaturated/α-hetero) is 1. The highest BCUT2D eigenvalue weighted by molar-refractivity contribution is 5.94. The molecule has 0 radical (unpaired) electrons. The molecule has 0 amide bonds. The van der Waals surface area contributed by atoms with Gasteiger partial charge in [-0.15, -0.1) is 0 Å². The molecule has 0 atom stereocenters. The third kappa shape index (κ3) is 3.69. The van der Waals surface area contributed by atoms with Crippen molar-refractivity contribution in [2.24, 2.45) is 0 Å². The maximum absolute atomic E-state index is 11.2. The highest BCUT2D eigenvalue weighted by Crippen LogP contribution is 2.11. The number of hydrogen-bond acceptors (Lipinski definition) is 3. The SMILES string of the molecule is C=C(C)C(=O)CCOc1ccc(C=O)cc1. The molecule has 0 unspecified atom stereocenters. The van der Waals surface area contributed by atoms with Crippen molar-refractivity contribution in [1.29, 1.82) is 0 Å². The Labute approximate surface area is 94.7 Å². The van der Waals surface area contributed by atoms with Crippen LogP contribution in [0.1, 0.15) is 23.7 Å². The molecule has 3 heteroatoms. The van der Waals surface area contributed by atoms with Gasteiger partial charge in [-0.1, -0.05) is 6.58 Å². The number of ether oxygens (including phenoxy) is 1. The van der Waals surface area contributed by atoms with Crippen LogP contribution in [0.4, 0.5) is 0 Å². The Balaban J connectivity index is 2.40. The fraction of sp³-hybridized carbons (Fsp3) is 0.231. The van der Waals surface area contributed by atoms with Crippen molar-refractivity contribution >= 4 is 12.1 Å². The average Bonchev–Trinajstić information content (AvgIpc) is 2.29. The molecule has 0 aliphatic carbocycles. The van der Waals surface area contributed by atoms with Gasteiger partial charge in [0.2, 0.25) is 0 Å². The first-order valence-electron chi connectivity index (χ1n) is 5.00. The molecule has 0 aliphatic rings. The molecule has 3 nitrogen and oxygen atoms in total. The van der Waals surface area contributed by atoms with E-state index in [9.17, 15) is 9.59 Å². The molecule has 0 spiro atoms. The number of rotatable bonds is 6. The van der Waals surface area contributed by atoms with Gasteiger partial charge in [-0.3, -0.25) is 9.59 Å². The normalized spacial score (nSPS) is 9.56. The Morgan fingerprint density at radius 1 is 1.38 bits per heavy atom. The minimum Gasteiger partial charge on any atom is -0.493 e. The molecule has 0 heterocycles. The number of aldehydes is 1. The van der Waals surface area contributed by atoms with E-state index in [1.807, 2.05) is 0 Å². The van der Waals surface area contributed by atoms with Crippen LogP contribution in [0.5, 0.6) is 5.75 Å². The van der Waals surface area contributed by atoms with E-state index in [0.717, 1.165) is 6.29 Å². The summed E-state index contributed by atoms with van der Waals surface area (Å²) in [7, 11) is 0. The Morgan fingerprint density at radius 2 is 2.00 bits per heavy atom. The molecule has 0 saturated carbocycles. The molecule has 1 rings (SSSR count). The predicted molar refractivity (Wildman–Crippen MR) is 61.8 cm³/mol. The van der Waals surface area contributed by atoms with Gasteiger partial charge in [-0.25, -0.2) is 0 Å². The van der Waals surface area contributed by atoms with E-state index >= 15 is 0 Å². The lowest BCUT2D eigenvalue weighted by molar-refractivity contribution is -0.115. The molecule has 0 bridgehead atoms. The van der Waals surface area contributed by atoms with E-state index in [1.54, 1.807) is 31.2 Å². The van der Waals surface area contributed by atoms with Crippen LogP contribution in [0, 0.1) is 0 Å². The third-order valence-corrected chi connectivity index (χ3v) is 2.09. The van der Waals surface area contributed by atoms with Crippen molar-refractivity contribution < 1.29 is 14.3 Å². The van der Waals surface area contributed by atoms with Gasteiger partial charge in [-0.2, -0.15) is 0 Å². The number of hydrogen-bond donors (Lipinski definition) is 0. The van der Waals surface area contributed by atoms with Crippen LogP contribution in [-0.2, 0) is 4.79 Å². The quantitative estimate of drug-likeness (QED) is 0.544. The summed E-state index contributed by atoms with van der Waals surface area (Å²) >= 11 is 0. The van der Waals surface area contributed by atoms with Gasteiger partial charge in [-0.05, 0) is 36.8 Å². The van der Waals surface area contributed by atoms with Gasteiger partial charge in [0.1, 0.15) is 12.0 Å². The van der Waals surface area contributed by atoms with Crippen LogP contribution < -0.4 is 4.74 Å². The lowest BCUT2D eigenvalue weighted by Crippen LogP contribution is -2.06. The van der Waals surface area contributed by atoms with Crippen LogP contribution in [0.15, 0.2) is 36.4 Å². The highest BCUT2D eigenvalue weighted by Gasteiger charge is 2.02. The molecule has 16 heavy (non-hydrogen) atoms. The van der Waals surface area contributed by atoms with Crippen LogP contribution >= 0.6 is 0 Å². The summed E-state index contributed by atoms with van der Waals surface area (Å²) < 4.78 is 5.35. The molecular weight excluding hydrogens is 204 g/mol. The van der Waals surface area contributed by atoms with E-state index in [-0.39, 0.29) is 5.78 Å². The van der Waals surface area contributed by atoms with Crippen LogP contribution in [0.25, 0.3) is 0 Å². The maximum atomic E-state index is 11.2. The summed E-state index contributed by atoms with van der Waals surface area (Å²) in [6.45, 7) is 5.57. The van der Waals surface area contributed by atoms with Crippen LogP contribution in [0.3, 0.4) is 0 Å². The lowest BCUT2D eigenvalue weighted by atomic mass is 10.2. The average molecular weight is 218 g/mol. The maximum Gasteiger partial charge on any atom is 0.161 e. The van der Waals surface area contributed by atoms with E-state index in [2.05, 4.69) is 6.58 Å². The summed E-state index contributed by atoms with van der Waals surface area (Å²) in [6.07, 6.45) is 1.10. The number of carbonyl (C=O) groups excluding carboxylic acids is 2. The number of ketones is 1. The Morgan fingerprint density at radius 3 is 2.50 bits per heavy atom. The molecule has 84 valence electrons. The Hall–Kier alpha value is -1.90. The highest BCUT2D eigenvalue weighted by atomic mass is 16.5. The number of allylic oxidation sites excluding steroid dienone is 1. The molecule has 0 aliphatic heterocycles. The largest absolute Gasteiger partial charge is 0.493 e. The first-order chi connectivity index (χ1) is 7.63. The molecule has 0 fully saturated rings. The summed E-state index contributed by atoms with van der Waals surface area (Å²) in [5, 5.41) is 0. The van der Waals surface area contributed by atoms with E-state index < -0.39 is 0 Å². The number of benzene rings is 1. The van der Waals surface area contributed by atoms with Crippen molar-refractivity contribution in [3.8, 4) is 5.75 Å². The van der Waals surface area contributed by atoms with Gasteiger partial charge in [0.25, 0.3) is 0 Å². The van der Waals surface area contributed by atoms with E-state index in [4.69, 9.17) is 4.74 Å². The fourth-order valence-corrected chi connectivity index (χ4v) is 1.12. The van der Waals surface area contributed by atoms with Crippen molar-refractivity contribution in [1.82, 2.24) is 0 Å². The van der Waals surface area contributed by atoms with E-state index in [0.29, 0.717) is 29.9 Å². The second-order valence-corrected chi connectivity index (χ2v) is 3.49. The summed E-state index contributed by atoms with van der Waals surface area (Å²) in [4.78, 5) is 21.6. The van der Waals surface area contributed by atoms with Gasteiger partial charge >= 0.3 is 0 Å². The van der Waals surface area contributed by atoms with Crippen molar-refractivity contribution in [3.63, 3.8) is 0 Å². The molecule has 0 saturated heterocycles. The standard InChI is InChI=1S/C13H14O3/c1-10(2)13(15)7-8-16-12-5-3-11(9-14)4-6-12/h3-6,9H,1,7-8H2,2H3. The Bertz CT molecular complexity index is 390. The molecule has 0 N–H and O–H groups in total. The third-order valence-electron chi connectivity index (χ3n) is 2.09. The van der Waals surface area contributed by atoms with Crippen molar-refractivity contribution in [3.05, 3.63) is 42.0 Å². The second kappa shape index (κ2) is 5.85. The van der Waals surface area contributed by atoms with Gasteiger partial charge < -0.3 is 4.74 Å². The molecule has 1 aromatic carbocycles. The minimum absolute atomic E-state index is 0.00418. The Kier molecular flexibility index (Phi) is 4.45.